The highest BCUT2D eigenvalue weighted by molar-refractivity contribution is 5.82. The third-order valence-electron chi connectivity index (χ3n) is 1.71. The van der Waals surface area contributed by atoms with E-state index >= 15 is 0 Å². The van der Waals surface area contributed by atoms with Gasteiger partial charge in [0.2, 0.25) is 0 Å². The smallest absolute Gasteiger partial charge is 0.330 e. The van der Waals surface area contributed by atoms with Crippen LogP contribution in [0.5, 0.6) is 0 Å². The van der Waals surface area contributed by atoms with Crippen LogP contribution in [-0.2, 0) is 4.79 Å². The Kier molecular flexibility index (Phi) is 4.54. The summed E-state index contributed by atoms with van der Waals surface area (Å²) in [4.78, 5) is 22.2. The third kappa shape index (κ3) is 5.21. The number of aliphatic carboxylic acids is 1. The zero-order chi connectivity index (χ0) is 12.2. The van der Waals surface area contributed by atoms with Gasteiger partial charge < -0.3 is 10.4 Å². The zero-order valence-corrected chi connectivity index (χ0v) is 9.79. The molecule has 0 fully saturated rings. The van der Waals surface area contributed by atoms with E-state index in [0.29, 0.717) is 0 Å². The second-order valence-electron chi connectivity index (χ2n) is 4.62. The summed E-state index contributed by atoms with van der Waals surface area (Å²) in [6.45, 7) is 5.26. The lowest BCUT2D eigenvalue weighted by Gasteiger charge is -2.28. The Bertz CT molecular complexity index is 245. The number of rotatable bonds is 3. The number of hydrogen-bond donors (Lipinski definition) is 3. The van der Waals surface area contributed by atoms with Gasteiger partial charge in [0.15, 0.2) is 0 Å². The standard InChI is InChI=1S/C9H19N3O3/c1-9(2,3)6(7(13)14)10-8(15)11-12(4)5/h6H,1-5H3,(H,13,14)(H2,10,11,15)/t6-/m1/s1. The molecule has 0 bridgehead atoms. The first-order valence-corrected chi connectivity index (χ1v) is 4.62. The molecule has 0 aliphatic heterocycles. The highest BCUT2D eigenvalue weighted by atomic mass is 16.4. The summed E-state index contributed by atoms with van der Waals surface area (Å²) in [5, 5.41) is 12.8. The van der Waals surface area contributed by atoms with Crippen molar-refractivity contribution < 1.29 is 14.7 Å². The van der Waals surface area contributed by atoms with Crippen molar-refractivity contribution in [3.05, 3.63) is 0 Å². The molecule has 0 rings (SSSR count). The highest BCUT2D eigenvalue weighted by Gasteiger charge is 2.32. The van der Waals surface area contributed by atoms with Crippen LogP contribution in [0.25, 0.3) is 0 Å². The quantitative estimate of drug-likeness (QED) is 0.592. The van der Waals surface area contributed by atoms with E-state index in [0.717, 1.165) is 0 Å². The lowest BCUT2D eigenvalue weighted by atomic mass is 9.87. The van der Waals surface area contributed by atoms with Crippen LogP contribution in [-0.4, -0.2) is 42.3 Å². The molecule has 0 saturated heterocycles. The Morgan fingerprint density at radius 2 is 1.73 bits per heavy atom. The van der Waals surface area contributed by atoms with Crippen molar-refractivity contribution in [2.24, 2.45) is 5.41 Å². The van der Waals surface area contributed by atoms with Gasteiger partial charge in [-0.3, -0.25) is 5.43 Å². The van der Waals surface area contributed by atoms with Crippen LogP contribution >= 0.6 is 0 Å². The first-order chi connectivity index (χ1) is 6.64. The van der Waals surface area contributed by atoms with E-state index in [9.17, 15) is 9.59 Å². The highest BCUT2D eigenvalue weighted by Crippen LogP contribution is 2.19. The molecular formula is C9H19N3O3. The van der Waals surface area contributed by atoms with Gasteiger partial charge in [-0.2, -0.15) is 0 Å². The minimum Gasteiger partial charge on any atom is -0.480 e. The topological polar surface area (TPSA) is 81.7 Å². The molecule has 2 amide bonds. The van der Waals surface area contributed by atoms with Crippen LogP contribution < -0.4 is 10.7 Å². The van der Waals surface area contributed by atoms with Gasteiger partial charge in [-0.05, 0) is 5.41 Å². The summed E-state index contributed by atoms with van der Waals surface area (Å²) in [5.41, 5.74) is 1.89. The maximum Gasteiger partial charge on any atom is 0.330 e. The number of carbonyl (C=O) groups is 2. The average molecular weight is 217 g/mol. The minimum atomic E-state index is -1.04. The SMILES string of the molecule is CN(C)NC(=O)N[C@H](C(=O)O)C(C)(C)C. The molecule has 0 unspecified atom stereocenters. The van der Waals surface area contributed by atoms with E-state index in [2.05, 4.69) is 10.7 Å². The number of carboxylic acids is 1. The molecule has 15 heavy (non-hydrogen) atoms. The molecular weight excluding hydrogens is 198 g/mol. The predicted molar refractivity (Wildman–Crippen MR) is 56.2 cm³/mol. The number of nitrogens with one attached hydrogen (secondary N) is 2. The summed E-state index contributed by atoms with van der Waals surface area (Å²) in [7, 11) is 3.29. The Hall–Kier alpha value is -1.30. The summed E-state index contributed by atoms with van der Waals surface area (Å²) in [5.74, 6) is -1.04. The molecule has 0 spiro atoms. The van der Waals surface area contributed by atoms with Crippen LogP contribution in [0.3, 0.4) is 0 Å². The van der Waals surface area contributed by atoms with Crippen LogP contribution in [0.4, 0.5) is 4.79 Å². The molecule has 0 aromatic rings. The maximum absolute atomic E-state index is 11.3. The van der Waals surface area contributed by atoms with Crippen molar-refractivity contribution in [3.8, 4) is 0 Å². The van der Waals surface area contributed by atoms with Crippen molar-refractivity contribution in [1.82, 2.24) is 15.8 Å². The molecule has 3 N–H and O–H groups in total. The van der Waals surface area contributed by atoms with Crippen LogP contribution in [0, 0.1) is 5.41 Å². The number of urea groups is 1. The second-order valence-corrected chi connectivity index (χ2v) is 4.62. The summed E-state index contributed by atoms with van der Waals surface area (Å²) >= 11 is 0. The molecule has 0 aliphatic rings. The minimum absolute atomic E-state index is 0.526. The van der Waals surface area contributed by atoms with Gasteiger partial charge in [0, 0.05) is 14.1 Å². The van der Waals surface area contributed by atoms with E-state index in [-0.39, 0.29) is 0 Å². The first kappa shape index (κ1) is 13.7. The molecule has 0 aliphatic carbocycles. The van der Waals surface area contributed by atoms with Crippen molar-refractivity contribution in [1.29, 1.82) is 0 Å². The molecule has 0 radical (unpaired) electrons. The largest absolute Gasteiger partial charge is 0.480 e. The zero-order valence-electron chi connectivity index (χ0n) is 9.79. The lowest BCUT2D eigenvalue weighted by molar-refractivity contribution is -0.141. The molecule has 0 aromatic heterocycles. The van der Waals surface area contributed by atoms with Crippen molar-refractivity contribution >= 4 is 12.0 Å². The van der Waals surface area contributed by atoms with Crippen molar-refractivity contribution in [2.45, 2.75) is 26.8 Å². The fourth-order valence-corrected chi connectivity index (χ4v) is 1.02. The van der Waals surface area contributed by atoms with Gasteiger partial charge in [0.1, 0.15) is 6.04 Å². The normalized spacial score (nSPS) is 13.5. The van der Waals surface area contributed by atoms with Gasteiger partial charge in [0.25, 0.3) is 0 Å². The molecule has 0 heterocycles. The lowest BCUT2D eigenvalue weighted by Crippen LogP contribution is -2.54. The van der Waals surface area contributed by atoms with E-state index < -0.39 is 23.5 Å². The molecule has 6 nitrogen and oxygen atoms in total. The number of carbonyl (C=O) groups excluding carboxylic acids is 1. The Balaban J connectivity index is 4.44. The summed E-state index contributed by atoms with van der Waals surface area (Å²) in [6.07, 6.45) is 0. The van der Waals surface area contributed by atoms with Crippen LogP contribution in [0.15, 0.2) is 0 Å². The van der Waals surface area contributed by atoms with Crippen molar-refractivity contribution in [3.63, 3.8) is 0 Å². The maximum atomic E-state index is 11.3. The van der Waals surface area contributed by atoms with Crippen molar-refractivity contribution in [2.75, 3.05) is 14.1 Å². The Morgan fingerprint density at radius 3 is 2.00 bits per heavy atom. The molecule has 0 saturated carbocycles. The number of nitrogens with zero attached hydrogens (tertiary/aromatic N) is 1. The fraction of sp³-hybridized carbons (Fsp3) is 0.778. The van der Waals surface area contributed by atoms with E-state index in [4.69, 9.17) is 5.11 Å². The van der Waals surface area contributed by atoms with Crippen LogP contribution in [0.2, 0.25) is 0 Å². The van der Waals surface area contributed by atoms with E-state index in [1.165, 1.54) is 5.01 Å². The van der Waals surface area contributed by atoms with Gasteiger partial charge in [-0.1, -0.05) is 20.8 Å². The predicted octanol–water partition coefficient (Wildman–Crippen LogP) is 0.261. The molecule has 1 atom stereocenters. The first-order valence-electron chi connectivity index (χ1n) is 4.62. The summed E-state index contributed by atoms with van der Waals surface area (Å²) in [6, 6.07) is -1.44. The number of hydrogen-bond acceptors (Lipinski definition) is 3. The molecule has 88 valence electrons. The third-order valence-corrected chi connectivity index (χ3v) is 1.71. The Labute approximate surface area is 89.6 Å². The summed E-state index contributed by atoms with van der Waals surface area (Å²) < 4.78 is 0. The fourth-order valence-electron chi connectivity index (χ4n) is 1.02. The monoisotopic (exact) mass is 217 g/mol. The molecule has 6 heteroatoms. The van der Waals surface area contributed by atoms with Gasteiger partial charge in [0.05, 0.1) is 0 Å². The van der Waals surface area contributed by atoms with Gasteiger partial charge in [-0.15, -0.1) is 0 Å². The molecule has 0 aromatic carbocycles. The number of amides is 2. The van der Waals surface area contributed by atoms with Crippen LogP contribution in [0.1, 0.15) is 20.8 Å². The van der Waals surface area contributed by atoms with Gasteiger partial charge >= 0.3 is 12.0 Å². The number of hydrazine groups is 1. The average Bonchev–Trinajstić information content (AvgIpc) is 1.95. The second kappa shape index (κ2) is 4.97. The Morgan fingerprint density at radius 1 is 1.27 bits per heavy atom. The van der Waals surface area contributed by atoms with Gasteiger partial charge in [-0.25, -0.2) is 14.6 Å². The van der Waals surface area contributed by atoms with E-state index in [1.807, 2.05) is 0 Å². The van der Waals surface area contributed by atoms with E-state index in [1.54, 1.807) is 34.9 Å². The number of carboxylic acid groups (broad SMARTS) is 1.